The number of halogens is 1. The molecule has 0 fully saturated rings. The number of ketones is 1. The van der Waals surface area contributed by atoms with Gasteiger partial charge in [-0.2, -0.15) is 5.26 Å². The summed E-state index contributed by atoms with van der Waals surface area (Å²) in [5.41, 5.74) is 7.73. The van der Waals surface area contributed by atoms with Gasteiger partial charge in [0.05, 0.1) is 47.7 Å². The van der Waals surface area contributed by atoms with Crippen LogP contribution in [0.3, 0.4) is 0 Å². The number of rotatable bonds is 9. The number of nitrogens with two attached hydrogens (primary N) is 1. The summed E-state index contributed by atoms with van der Waals surface area (Å²) in [6, 6.07) is 8.90. The molecule has 0 saturated heterocycles. The third kappa shape index (κ3) is 6.38. The van der Waals surface area contributed by atoms with E-state index < -0.39 is 0 Å². The molecule has 0 aliphatic rings. The molecule has 1 atom stereocenters. The van der Waals surface area contributed by atoms with E-state index in [1.54, 1.807) is 31.2 Å². The first-order valence-electron chi connectivity index (χ1n) is 8.83. The SMILES string of the molecule is C[C@@H](C#N)CC(=O)c1ccc(-c2nc(NC(C=NCCO)=CN)ncc2Cl)cc1. The van der Waals surface area contributed by atoms with Gasteiger partial charge in [0.25, 0.3) is 0 Å². The Morgan fingerprint density at radius 2 is 2.17 bits per heavy atom. The van der Waals surface area contributed by atoms with Crippen LogP contribution in [-0.4, -0.2) is 40.2 Å². The van der Waals surface area contributed by atoms with Crippen molar-refractivity contribution in [1.82, 2.24) is 9.97 Å². The maximum Gasteiger partial charge on any atom is 0.227 e. The van der Waals surface area contributed by atoms with Crippen LogP contribution in [0.15, 0.2) is 47.4 Å². The number of nitrogens with zero attached hydrogens (tertiary/aromatic N) is 4. The van der Waals surface area contributed by atoms with Crippen LogP contribution in [0, 0.1) is 17.2 Å². The number of carbonyl (C=O) groups excluding carboxylic acids is 1. The van der Waals surface area contributed by atoms with Crippen LogP contribution >= 0.6 is 11.6 Å². The molecule has 29 heavy (non-hydrogen) atoms. The highest BCUT2D eigenvalue weighted by atomic mass is 35.5. The monoisotopic (exact) mass is 412 g/mol. The second kappa shape index (κ2) is 10.9. The molecule has 0 saturated carbocycles. The van der Waals surface area contributed by atoms with Gasteiger partial charge in [0, 0.05) is 30.0 Å². The number of aromatic nitrogens is 2. The number of nitriles is 1. The van der Waals surface area contributed by atoms with Gasteiger partial charge >= 0.3 is 0 Å². The largest absolute Gasteiger partial charge is 0.403 e. The Kier molecular flexibility index (Phi) is 8.27. The smallest absolute Gasteiger partial charge is 0.227 e. The summed E-state index contributed by atoms with van der Waals surface area (Å²) in [6.07, 6.45) is 4.40. The Bertz CT molecular complexity index is 950. The zero-order chi connectivity index (χ0) is 21.2. The normalized spacial score (nSPS) is 12.6. The Labute approximate surface area is 173 Å². The fraction of sp³-hybridized carbons (Fsp3) is 0.250. The molecule has 1 aromatic heterocycles. The van der Waals surface area contributed by atoms with Crippen LogP contribution in [0.2, 0.25) is 5.02 Å². The summed E-state index contributed by atoms with van der Waals surface area (Å²) in [5, 5.41) is 20.9. The number of allylic oxidation sites excluding steroid dienone is 1. The fourth-order valence-corrected chi connectivity index (χ4v) is 2.55. The Morgan fingerprint density at radius 1 is 1.45 bits per heavy atom. The summed E-state index contributed by atoms with van der Waals surface area (Å²) in [5.74, 6) is -0.168. The molecule has 2 aromatic rings. The highest BCUT2D eigenvalue weighted by Gasteiger charge is 2.13. The highest BCUT2D eigenvalue weighted by molar-refractivity contribution is 6.32. The molecule has 0 aliphatic carbocycles. The lowest BCUT2D eigenvalue weighted by molar-refractivity contribution is 0.0973. The predicted molar refractivity (Wildman–Crippen MR) is 113 cm³/mol. The third-order valence-corrected chi connectivity index (χ3v) is 4.11. The predicted octanol–water partition coefficient (Wildman–Crippen LogP) is 2.80. The molecule has 0 amide bonds. The van der Waals surface area contributed by atoms with Gasteiger partial charge in [0.1, 0.15) is 0 Å². The lowest BCUT2D eigenvalue weighted by atomic mass is 9.99. The van der Waals surface area contributed by atoms with Crippen LogP contribution in [0.25, 0.3) is 11.3 Å². The Balaban J connectivity index is 2.21. The number of benzene rings is 1. The van der Waals surface area contributed by atoms with Crippen molar-refractivity contribution >= 4 is 29.5 Å². The van der Waals surface area contributed by atoms with Gasteiger partial charge in [-0.1, -0.05) is 35.9 Å². The number of nitrogens with one attached hydrogen (secondary N) is 1. The van der Waals surface area contributed by atoms with Gasteiger partial charge in [0.15, 0.2) is 5.78 Å². The molecule has 8 nitrogen and oxygen atoms in total. The molecule has 2 rings (SSSR count). The lowest BCUT2D eigenvalue weighted by Crippen LogP contribution is -2.08. The van der Waals surface area contributed by atoms with Gasteiger partial charge in [-0.15, -0.1) is 0 Å². The quantitative estimate of drug-likeness (QED) is 0.425. The number of hydrogen-bond donors (Lipinski definition) is 3. The molecule has 0 spiro atoms. The molecule has 1 aromatic carbocycles. The summed E-state index contributed by atoms with van der Waals surface area (Å²) in [7, 11) is 0. The Hall–Kier alpha value is -3.28. The fourth-order valence-electron chi connectivity index (χ4n) is 2.35. The minimum Gasteiger partial charge on any atom is -0.403 e. The molecule has 4 N–H and O–H groups in total. The molecule has 9 heteroatoms. The van der Waals surface area contributed by atoms with Crippen molar-refractivity contribution in [1.29, 1.82) is 5.26 Å². The maximum atomic E-state index is 12.2. The van der Waals surface area contributed by atoms with Gasteiger partial charge < -0.3 is 16.2 Å². The number of hydrogen-bond acceptors (Lipinski definition) is 8. The van der Waals surface area contributed by atoms with E-state index in [-0.39, 0.29) is 37.2 Å². The van der Waals surface area contributed by atoms with E-state index in [1.807, 2.05) is 0 Å². The van der Waals surface area contributed by atoms with Crippen LogP contribution < -0.4 is 11.1 Å². The molecular weight excluding hydrogens is 392 g/mol. The number of aliphatic hydroxyl groups excluding tert-OH is 1. The van der Waals surface area contributed by atoms with E-state index in [4.69, 9.17) is 27.7 Å². The van der Waals surface area contributed by atoms with E-state index in [2.05, 4.69) is 26.3 Å². The van der Waals surface area contributed by atoms with Crippen LogP contribution in [0.1, 0.15) is 23.7 Å². The molecular formula is C20H21ClN6O2. The topological polar surface area (TPSA) is 137 Å². The Morgan fingerprint density at radius 3 is 2.79 bits per heavy atom. The highest BCUT2D eigenvalue weighted by Crippen LogP contribution is 2.27. The first-order chi connectivity index (χ1) is 14.0. The summed E-state index contributed by atoms with van der Waals surface area (Å²) in [6.45, 7) is 1.90. The minimum absolute atomic E-state index is 0.0656. The van der Waals surface area contributed by atoms with E-state index in [0.717, 1.165) is 0 Å². The number of aliphatic imine (C=N–C) groups is 1. The zero-order valence-electron chi connectivity index (χ0n) is 15.8. The second-order valence-corrected chi connectivity index (χ2v) is 6.54. The summed E-state index contributed by atoms with van der Waals surface area (Å²) >= 11 is 6.24. The molecule has 0 unspecified atom stereocenters. The molecule has 1 heterocycles. The van der Waals surface area contributed by atoms with Gasteiger partial charge in [-0.3, -0.25) is 9.79 Å². The van der Waals surface area contributed by atoms with Crippen molar-refractivity contribution in [2.24, 2.45) is 16.6 Å². The van der Waals surface area contributed by atoms with E-state index in [9.17, 15) is 4.79 Å². The number of carbonyl (C=O) groups is 1. The molecule has 0 radical (unpaired) electrons. The molecule has 0 aliphatic heterocycles. The second-order valence-electron chi connectivity index (χ2n) is 6.13. The van der Waals surface area contributed by atoms with Crippen LogP contribution in [-0.2, 0) is 0 Å². The summed E-state index contributed by atoms with van der Waals surface area (Å²) < 4.78 is 0. The third-order valence-electron chi connectivity index (χ3n) is 3.83. The first-order valence-corrected chi connectivity index (χ1v) is 9.21. The van der Waals surface area contributed by atoms with Crippen molar-refractivity contribution < 1.29 is 9.90 Å². The lowest BCUT2D eigenvalue weighted by Gasteiger charge is -2.09. The number of anilines is 1. The van der Waals surface area contributed by atoms with E-state index >= 15 is 0 Å². The first kappa shape index (κ1) is 22.0. The van der Waals surface area contributed by atoms with Gasteiger partial charge in [-0.25, -0.2) is 9.97 Å². The maximum absolute atomic E-state index is 12.2. The minimum atomic E-state index is -0.335. The molecule has 150 valence electrons. The van der Waals surface area contributed by atoms with Gasteiger partial charge in [0.2, 0.25) is 5.95 Å². The van der Waals surface area contributed by atoms with Gasteiger partial charge in [-0.05, 0) is 6.92 Å². The van der Waals surface area contributed by atoms with Crippen molar-refractivity contribution in [3.63, 3.8) is 0 Å². The number of Topliss-reactive ketones (excluding diaryl/α,β-unsaturated/α-hetero) is 1. The van der Waals surface area contributed by atoms with Crippen LogP contribution in [0.5, 0.6) is 0 Å². The summed E-state index contributed by atoms with van der Waals surface area (Å²) in [4.78, 5) is 24.7. The zero-order valence-corrected chi connectivity index (χ0v) is 16.6. The average molecular weight is 413 g/mol. The standard InChI is InChI=1S/C20H21ClN6O2/c1-13(9-22)8-18(29)14-2-4-15(5-3-14)19-17(21)12-25-20(27-19)26-16(10-23)11-24-6-7-28/h2-5,10-13,28H,6-8,23H2,1H3,(H,25,26,27)/t13-/m1/s1. The van der Waals surface area contributed by atoms with Crippen molar-refractivity contribution in [2.75, 3.05) is 18.5 Å². The van der Waals surface area contributed by atoms with Crippen molar-refractivity contribution in [3.8, 4) is 17.3 Å². The van der Waals surface area contributed by atoms with E-state index in [1.165, 1.54) is 18.6 Å². The van der Waals surface area contributed by atoms with Crippen molar-refractivity contribution in [2.45, 2.75) is 13.3 Å². The van der Waals surface area contributed by atoms with Crippen molar-refractivity contribution in [3.05, 3.63) is 52.9 Å². The van der Waals surface area contributed by atoms with E-state index in [0.29, 0.717) is 27.5 Å². The van der Waals surface area contributed by atoms with Crippen LogP contribution in [0.4, 0.5) is 5.95 Å². The molecule has 0 bridgehead atoms. The average Bonchev–Trinajstić information content (AvgIpc) is 2.74. The number of aliphatic hydroxyl groups is 1.